The molecule has 0 radical (unpaired) electrons. The summed E-state index contributed by atoms with van der Waals surface area (Å²) >= 11 is 3.22. The van der Waals surface area contributed by atoms with E-state index < -0.39 is 10.0 Å². The van der Waals surface area contributed by atoms with E-state index in [4.69, 9.17) is 5.73 Å². The van der Waals surface area contributed by atoms with Crippen LogP contribution in [0.1, 0.15) is 11.4 Å². The van der Waals surface area contributed by atoms with Crippen molar-refractivity contribution >= 4 is 37.3 Å². The van der Waals surface area contributed by atoms with E-state index in [1.54, 1.807) is 31.2 Å². The maximum absolute atomic E-state index is 12.4. The number of sulfonamides is 1. The Morgan fingerprint density at radius 2 is 1.90 bits per heavy atom. The number of nitrogens with zero attached hydrogens (tertiary/aromatic N) is 1. The third-order valence-corrected chi connectivity index (χ3v) is 5.07. The summed E-state index contributed by atoms with van der Waals surface area (Å²) in [6.45, 7) is 3.60. The molecule has 5 nitrogen and oxygen atoms in total. The molecule has 0 saturated carbocycles. The first-order valence-corrected chi connectivity index (χ1v) is 8.09. The molecular weight excluding hydrogens is 342 g/mol. The lowest BCUT2D eigenvalue weighted by Crippen LogP contribution is -2.15. The van der Waals surface area contributed by atoms with Crippen molar-refractivity contribution in [1.82, 2.24) is 4.98 Å². The molecule has 0 aliphatic rings. The SMILES string of the molecule is Cc1ccc(NS(=O)(=O)c2cc(N)ccc2Br)c(C)n1. The summed E-state index contributed by atoms with van der Waals surface area (Å²) in [5.41, 5.74) is 7.92. The number of aromatic nitrogens is 1. The Morgan fingerprint density at radius 3 is 2.55 bits per heavy atom. The van der Waals surface area contributed by atoms with Gasteiger partial charge in [0.2, 0.25) is 0 Å². The first-order chi connectivity index (χ1) is 9.29. The molecule has 0 atom stereocenters. The zero-order chi connectivity index (χ0) is 14.9. The summed E-state index contributed by atoms with van der Waals surface area (Å²) in [6.07, 6.45) is 0. The van der Waals surface area contributed by atoms with Gasteiger partial charge in [0.15, 0.2) is 0 Å². The third kappa shape index (κ3) is 3.10. The zero-order valence-electron chi connectivity index (χ0n) is 11.0. The van der Waals surface area contributed by atoms with Gasteiger partial charge in [-0.05, 0) is 60.1 Å². The zero-order valence-corrected chi connectivity index (χ0v) is 13.4. The van der Waals surface area contributed by atoms with E-state index in [9.17, 15) is 8.42 Å². The Hall–Kier alpha value is -1.60. The molecule has 2 aromatic rings. The summed E-state index contributed by atoms with van der Waals surface area (Å²) in [5, 5.41) is 0. The highest BCUT2D eigenvalue weighted by atomic mass is 79.9. The monoisotopic (exact) mass is 355 g/mol. The lowest BCUT2D eigenvalue weighted by atomic mass is 10.3. The normalized spacial score (nSPS) is 11.3. The first-order valence-electron chi connectivity index (χ1n) is 5.82. The van der Waals surface area contributed by atoms with Crippen LogP contribution in [0.4, 0.5) is 11.4 Å². The predicted molar refractivity (Wildman–Crippen MR) is 83.1 cm³/mol. The number of benzene rings is 1. The summed E-state index contributed by atoms with van der Waals surface area (Å²) in [4.78, 5) is 4.32. The molecular formula is C13H14BrN3O2S. The molecule has 0 unspecified atom stereocenters. The molecule has 0 saturated heterocycles. The number of rotatable bonds is 3. The Balaban J connectivity index is 2.43. The Morgan fingerprint density at radius 1 is 1.20 bits per heavy atom. The van der Waals surface area contributed by atoms with Crippen LogP contribution in [-0.2, 0) is 10.0 Å². The number of nitrogens with one attached hydrogen (secondary N) is 1. The second kappa shape index (κ2) is 5.41. The van der Waals surface area contributed by atoms with E-state index in [2.05, 4.69) is 25.6 Å². The van der Waals surface area contributed by atoms with E-state index in [-0.39, 0.29) is 4.90 Å². The molecule has 0 spiro atoms. The van der Waals surface area contributed by atoms with Gasteiger partial charge in [0.05, 0.1) is 11.4 Å². The number of hydrogen-bond donors (Lipinski definition) is 2. The van der Waals surface area contributed by atoms with E-state index in [1.807, 2.05) is 6.92 Å². The number of nitrogen functional groups attached to an aromatic ring is 1. The maximum Gasteiger partial charge on any atom is 0.263 e. The summed E-state index contributed by atoms with van der Waals surface area (Å²) in [7, 11) is -3.72. The number of nitrogens with two attached hydrogens (primary N) is 1. The molecule has 20 heavy (non-hydrogen) atoms. The van der Waals surface area contributed by atoms with Crippen molar-refractivity contribution in [3.8, 4) is 0 Å². The van der Waals surface area contributed by atoms with Crippen LogP contribution < -0.4 is 10.5 Å². The highest BCUT2D eigenvalue weighted by molar-refractivity contribution is 9.10. The van der Waals surface area contributed by atoms with Gasteiger partial charge in [-0.2, -0.15) is 0 Å². The lowest BCUT2D eigenvalue weighted by molar-refractivity contribution is 0.600. The molecule has 0 aliphatic heterocycles. The Kier molecular flexibility index (Phi) is 4.01. The fraction of sp³-hybridized carbons (Fsp3) is 0.154. The topological polar surface area (TPSA) is 85.1 Å². The van der Waals surface area contributed by atoms with E-state index >= 15 is 0 Å². The second-order valence-corrected chi connectivity index (χ2v) is 6.89. The van der Waals surface area contributed by atoms with Gasteiger partial charge < -0.3 is 5.73 Å². The van der Waals surface area contributed by atoms with Gasteiger partial charge in [0.25, 0.3) is 10.0 Å². The minimum atomic E-state index is -3.72. The van der Waals surface area contributed by atoms with Gasteiger partial charge in [-0.1, -0.05) is 0 Å². The molecule has 0 fully saturated rings. The first kappa shape index (κ1) is 14.8. The third-order valence-electron chi connectivity index (χ3n) is 2.71. The average molecular weight is 356 g/mol. The molecule has 106 valence electrons. The Labute approximate surface area is 126 Å². The van der Waals surface area contributed by atoms with Crippen LogP contribution in [0.15, 0.2) is 39.7 Å². The van der Waals surface area contributed by atoms with Crippen LogP contribution in [0.3, 0.4) is 0 Å². The molecule has 0 amide bonds. The van der Waals surface area contributed by atoms with Gasteiger partial charge in [-0.15, -0.1) is 0 Å². The van der Waals surface area contributed by atoms with Crippen LogP contribution in [0.2, 0.25) is 0 Å². The molecule has 0 bridgehead atoms. The molecule has 2 rings (SSSR count). The molecule has 1 heterocycles. The van der Waals surface area contributed by atoms with Gasteiger partial charge >= 0.3 is 0 Å². The van der Waals surface area contributed by atoms with Gasteiger partial charge in [0, 0.05) is 15.9 Å². The fourth-order valence-electron chi connectivity index (χ4n) is 1.72. The minimum absolute atomic E-state index is 0.0949. The molecule has 1 aromatic carbocycles. The smallest absolute Gasteiger partial charge is 0.263 e. The standard InChI is InChI=1S/C13H14BrN3O2S/c1-8-3-6-12(9(2)16-8)17-20(18,19)13-7-10(15)4-5-11(13)14/h3-7,17H,15H2,1-2H3. The predicted octanol–water partition coefficient (Wildman–Crippen LogP) is 2.84. The van der Waals surface area contributed by atoms with Gasteiger partial charge in [0.1, 0.15) is 4.90 Å². The van der Waals surface area contributed by atoms with Crippen LogP contribution in [0.25, 0.3) is 0 Å². The van der Waals surface area contributed by atoms with Gasteiger partial charge in [-0.3, -0.25) is 9.71 Å². The number of pyridine rings is 1. The van der Waals surface area contributed by atoms with Crippen LogP contribution >= 0.6 is 15.9 Å². The van der Waals surface area contributed by atoms with Crippen molar-refractivity contribution in [3.63, 3.8) is 0 Å². The largest absolute Gasteiger partial charge is 0.399 e. The maximum atomic E-state index is 12.4. The van der Waals surface area contributed by atoms with E-state index in [1.165, 1.54) is 6.07 Å². The highest BCUT2D eigenvalue weighted by Gasteiger charge is 2.19. The Bertz CT molecular complexity index is 760. The van der Waals surface area contributed by atoms with Crippen molar-refractivity contribution in [2.24, 2.45) is 0 Å². The van der Waals surface area contributed by atoms with Crippen LogP contribution in [0.5, 0.6) is 0 Å². The molecule has 0 aliphatic carbocycles. The van der Waals surface area contributed by atoms with Crippen molar-refractivity contribution in [3.05, 3.63) is 46.2 Å². The summed E-state index contributed by atoms with van der Waals surface area (Å²) < 4.78 is 27.8. The van der Waals surface area contributed by atoms with Gasteiger partial charge in [-0.25, -0.2) is 8.42 Å². The average Bonchev–Trinajstić information content (AvgIpc) is 2.35. The highest BCUT2D eigenvalue weighted by Crippen LogP contribution is 2.26. The van der Waals surface area contributed by atoms with Crippen molar-refractivity contribution < 1.29 is 8.42 Å². The van der Waals surface area contributed by atoms with E-state index in [0.717, 1.165) is 5.69 Å². The van der Waals surface area contributed by atoms with Crippen molar-refractivity contribution in [1.29, 1.82) is 0 Å². The molecule has 7 heteroatoms. The van der Waals surface area contributed by atoms with Crippen molar-refractivity contribution in [2.45, 2.75) is 18.7 Å². The fourth-order valence-corrected chi connectivity index (χ4v) is 3.84. The number of halogens is 1. The minimum Gasteiger partial charge on any atom is -0.399 e. The van der Waals surface area contributed by atoms with E-state index in [0.29, 0.717) is 21.5 Å². The summed E-state index contributed by atoms with van der Waals surface area (Å²) in [5.74, 6) is 0. The molecule has 1 aromatic heterocycles. The number of hydrogen-bond acceptors (Lipinski definition) is 4. The molecule has 3 N–H and O–H groups in total. The van der Waals surface area contributed by atoms with Crippen molar-refractivity contribution in [2.75, 3.05) is 10.5 Å². The summed E-state index contributed by atoms with van der Waals surface area (Å²) in [6, 6.07) is 8.07. The lowest BCUT2D eigenvalue weighted by Gasteiger charge is -2.12. The quantitative estimate of drug-likeness (QED) is 0.829. The number of anilines is 2. The number of aryl methyl sites for hydroxylation is 2. The second-order valence-electron chi connectivity index (χ2n) is 4.38. The van der Waals surface area contributed by atoms with Crippen LogP contribution in [-0.4, -0.2) is 13.4 Å². The van der Waals surface area contributed by atoms with Crippen LogP contribution in [0, 0.1) is 13.8 Å².